The second kappa shape index (κ2) is 37.9. The molecule has 0 atom stereocenters. The Morgan fingerprint density at radius 1 is 0.457 bits per heavy atom. The molecule has 0 radical (unpaired) electrons. The molecule has 0 unspecified atom stereocenters. The van der Waals surface area contributed by atoms with Gasteiger partial charge in [-0.25, -0.2) is 67.3 Å². The molecular formula is C42H38K3N8Na3O28S8. The van der Waals surface area contributed by atoms with Gasteiger partial charge >= 0.3 is 243 Å². The number of amides is 2. The zero-order valence-corrected chi connectivity index (χ0v) is 71.3. The van der Waals surface area contributed by atoms with E-state index in [1.807, 2.05) is 0 Å². The van der Waals surface area contributed by atoms with E-state index in [4.69, 9.17) is 0 Å². The molecule has 0 spiro atoms. The third kappa shape index (κ3) is 27.4. The Bertz CT molecular complexity index is 4460. The van der Waals surface area contributed by atoms with Gasteiger partial charge in [0.05, 0.1) is 78.4 Å². The maximum absolute atomic E-state index is 12.4. The van der Waals surface area contributed by atoms with E-state index in [2.05, 4.69) is 39.5 Å². The Morgan fingerprint density at radius 2 is 0.739 bits per heavy atom. The van der Waals surface area contributed by atoms with E-state index < -0.39 is 182 Å². The van der Waals surface area contributed by atoms with Crippen LogP contribution in [0.5, 0.6) is 11.5 Å². The molecule has 4 N–H and O–H groups in total. The number of benzene rings is 6. The smallest absolute Gasteiger partial charge is 0.744 e. The number of hydrogen-bond acceptors (Lipinski definition) is 32. The maximum atomic E-state index is 12.4. The number of carbonyl (C=O) groups excluding carboxylic acids is 2. The number of aromatic hydroxyl groups is 2. The molecule has 6 aromatic rings. The number of nitrogens with one attached hydrogen (secondary N) is 2. The van der Waals surface area contributed by atoms with E-state index in [0.717, 1.165) is 36.6 Å². The van der Waals surface area contributed by atoms with Gasteiger partial charge in [-0.1, -0.05) is 0 Å². The average molecular weight is 1550 g/mol. The molecule has 50 heteroatoms. The fourth-order valence-electron chi connectivity index (χ4n) is 7.11. The topological polar surface area (TPSA) is 585 Å². The molecule has 92 heavy (non-hydrogen) atoms. The summed E-state index contributed by atoms with van der Waals surface area (Å²) in [5, 5.41) is 39.4. The van der Waals surface area contributed by atoms with Crippen LogP contribution in [0, 0.1) is 0 Å². The van der Waals surface area contributed by atoms with E-state index in [1.54, 1.807) is 0 Å². The first kappa shape index (κ1) is 94.4. The van der Waals surface area contributed by atoms with E-state index in [9.17, 15) is 114 Å². The first-order valence-electron chi connectivity index (χ1n) is 22.4. The molecule has 6 rings (SSSR count). The van der Waals surface area contributed by atoms with Gasteiger partial charge in [0.15, 0.2) is 11.5 Å². The maximum Gasteiger partial charge on any atom is 1.00 e. The van der Waals surface area contributed by atoms with E-state index in [0.29, 0.717) is 36.4 Å². The SMILES string of the molecule is CC(=O)Nc1cc(S(=O)(=O)[O-])cc2cc(S(=O)(=O)[O-])c(N=Nc3ccc(N(C)S(=O)(=O)CCOS(=O)(=O)[O-])cc3)c(O)c12.CC(=O)Nc1cc(S(=O)(=O)[O-])cc2cc(S(=O)(=O)[O-])c(N=Nc3ccc(N(C)S(=O)(=O)CCOS(=O)(=O)[O-])cc3)c(O)c12.[K+].[K+].[K+].[Na+].[Na+].[Na+]. The van der Waals surface area contributed by atoms with Crippen molar-refractivity contribution in [2.24, 2.45) is 20.5 Å². The number of sulfonamides is 2. The molecule has 0 aromatic heterocycles. The number of carbonyl (C=O) groups is 2. The number of anilines is 4. The number of nitrogens with zero attached hydrogens (tertiary/aromatic N) is 6. The van der Waals surface area contributed by atoms with Crippen molar-refractivity contribution in [3.8, 4) is 11.5 Å². The van der Waals surface area contributed by atoms with Gasteiger partial charge in [-0.15, -0.1) is 10.2 Å². The molecule has 468 valence electrons. The largest absolute Gasteiger partial charge is 1.00 e. The summed E-state index contributed by atoms with van der Waals surface area (Å²) in [6.45, 7) is 0.191. The molecule has 0 bridgehead atoms. The zero-order chi connectivity index (χ0) is 65.1. The standard InChI is InChI=1S/2C21H22N4O14S4.3K.3Na/c2*1-12(26)22-17-11-16(41(30,31)32)9-13-10-18(42(33,34)35)20(21(27)19(13)17)24-23-14-3-5-15(6-4-14)25(2)40(28,29)8-7-39-43(36,37)38;;;;;;/h2*3-6,9-11,27H,7-8H2,1-2H3,(H,22,26)(H,30,31,32)(H,33,34,35)(H,36,37,38);;;;;;/q;;6*+1/p-6. The van der Waals surface area contributed by atoms with Crippen molar-refractivity contribution in [2.75, 3.05) is 58.1 Å². The summed E-state index contributed by atoms with van der Waals surface area (Å²) in [5.74, 6) is -5.27. The third-order valence-corrected chi connectivity index (χ3v) is 18.6. The molecule has 36 nitrogen and oxygen atoms in total. The van der Waals surface area contributed by atoms with E-state index >= 15 is 0 Å². The summed E-state index contributed by atoms with van der Waals surface area (Å²) in [4.78, 5) is 19.3. The van der Waals surface area contributed by atoms with Gasteiger partial charge < -0.3 is 48.2 Å². The van der Waals surface area contributed by atoms with Crippen molar-refractivity contribution in [1.29, 1.82) is 0 Å². The third-order valence-electron chi connectivity index (χ3n) is 10.9. The van der Waals surface area contributed by atoms with Crippen molar-refractivity contribution in [3.05, 3.63) is 84.9 Å². The van der Waals surface area contributed by atoms with Crippen LogP contribution < -0.4 is 262 Å². The minimum Gasteiger partial charge on any atom is -0.744 e. The fraction of sp³-hybridized carbons (Fsp3) is 0.190. The quantitative estimate of drug-likeness (QED) is 0.0212. The normalized spacial score (nSPS) is 12.1. The Kier molecular flexibility index (Phi) is 38.9. The number of rotatable bonds is 22. The second-order valence-corrected chi connectivity index (χ2v) is 28.7. The molecule has 0 fully saturated rings. The number of phenolic OH excluding ortho intramolecular Hbond substituents is 2. The van der Waals surface area contributed by atoms with Crippen LogP contribution in [0.1, 0.15) is 13.8 Å². The summed E-state index contributed by atoms with van der Waals surface area (Å²) in [5.41, 5.74) is -2.69. The molecular weight excluding hydrogens is 1510 g/mol. The van der Waals surface area contributed by atoms with Crippen LogP contribution >= 0.6 is 0 Å². The minimum absolute atomic E-state index is 0. The van der Waals surface area contributed by atoms with Gasteiger partial charge in [0.25, 0.3) is 0 Å². The summed E-state index contributed by atoms with van der Waals surface area (Å²) < 4.78 is 263. The van der Waals surface area contributed by atoms with Gasteiger partial charge in [0, 0.05) is 38.7 Å². The Labute approximate surface area is 720 Å². The van der Waals surface area contributed by atoms with Crippen molar-refractivity contribution >= 4 is 160 Å². The van der Waals surface area contributed by atoms with Crippen molar-refractivity contribution < 1.29 is 366 Å². The Hall–Kier alpha value is 0.369. The number of hydrogen-bond donors (Lipinski definition) is 4. The molecule has 0 aliphatic rings. The Morgan fingerprint density at radius 3 is 0.978 bits per heavy atom. The van der Waals surface area contributed by atoms with Gasteiger partial charge in [-0.05, 0) is 95.7 Å². The molecule has 0 saturated carbocycles. The van der Waals surface area contributed by atoms with Gasteiger partial charge in [0.1, 0.15) is 51.8 Å². The fourth-order valence-corrected chi connectivity index (χ4v) is 12.3. The van der Waals surface area contributed by atoms with Crippen LogP contribution in [0.3, 0.4) is 0 Å². The predicted octanol–water partition coefficient (Wildman–Crippen LogP) is -16.0. The zero-order valence-electron chi connectivity index (χ0n) is 49.4. The van der Waals surface area contributed by atoms with Crippen molar-refractivity contribution in [1.82, 2.24) is 0 Å². The van der Waals surface area contributed by atoms with Gasteiger partial charge in [-0.2, -0.15) is 10.2 Å². The van der Waals surface area contributed by atoms with E-state index in [1.165, 1.54) is 48.5 Å². The predicted molar refractivity (Wildman–Crippen MR) is 289 cm³/mol. The molecule has 0 aliphatic carbocycles. The minimum atomic E-state index is -5.41. The summed E-state index contributed by atoms with van der Waals surface area (Å²) in [7, 11) is -37.4. The second-order valence-electron chi connectivity index (χ2n) is 16.9. The van der Waals surface area contributed by atoms with Crippen LogP contribution in [0.15, 0.2) is 125 Å². The monoisotopic (exact) mass is 1540 g/mol. The molecule has 6 aromatic carbocycles. The van der Waals surface area contributed by atoms with Crippen molar-refractivity contribution in [3.63, 3.8) is 0 Å². The first-order chi connectivity index (χ1) is 39.2. The van der Waals surface area contributed by atoms with Crippen LogP contribution in [0.4, 0.5) is 45.5 Å². The molecule has 0 aliphatic heterocycles. The van der Waals surface area contributed by atoms with Gasteiger partial charge in [-0.3, -0.25) is 26.6 Å². The Balaban J connectivity index is 0. The average Bonchev–Trinajstić information content (AvgIpc) is 0.761. The summed E-state index contributed by atoms with van der Waals surface area (Å²) in [6.07, 6.45) is 0. The first-order valence-corrected chi connectivity index (χ1v) is 34.0. The number of fused-ring (bicyclic) bond motifs is 2. The van der Waals surface area contributed by atoms with Crippen LogP contribution in [0.2, 0.25) is 0 Å². The molecule has 0 saturated heterocycles. The molecule has 2 amide bonds. The van der Waals surface area contributed by atoms with Gasteiger partial charge in [0.2, 0.25) is 52.7 Å². The number of azo groups is 2. The summed E-state index contributed by atoms with van der Waals surface area (Å²) >= 11 is 0. The number of phenols is 2. The van der Waals surface area contributed by atoms with Crippen LogP contribution in [-0.4, -0.2) is 156 Å². The molecule has 0 heterocycles. The van der Waals surface area contributed by atoms with E-state index in [-0.39, 0.29) is 276 Å². The van der Waals surface area contributed by atoms with Crippen LogP contribution in [0.25, 0.3) is 21.5 Å². The summed E-state index contributed by atoms with van der Waals surface area (Å²) in [6, 6.07) is 13.7. The van der Waals surface area contributed by atoms with Crippen molar-refractivity contribution in [2.45, 2.75) is 33.4 Å². The van der Waals surface area contributed by atoms with Crippen LogP contribution in [-0.2, 0) is 99.3 Å².